The van der Waals surface area contributed by atoms with E-state index < -0.39 is 5.56 Å². The van der Waals surface area contributed by atoms with Crippen LogP contribution in [0.4, 0.5) is 0 Å². The van der Waals surface area contributed by atoms with Crippen molar-refractivity contribution in [2.75, 3.05) is 13.1 Å². The molecule has 2 fully saturated rings. The van der Waals surface area contributed by atoms with Crippen molar-refractivity contribution in [3.05, 3.63) is 28.0 Å². The summed E-state index contributed by atoms with van der Waals surface area (Å²) in [6, 6.07) is 3.13. The van der Waals surface area contributed by atoms with Gasteiger partial charge < -0.3 is 15.3 Å². The normalized spacial score (nSPS) is 26.1. The smallest absolute Gasteiger partial charge is 0.254 e. The van der Waals surface area contributed by atoms with Gasteiger partial charge in [0.1, 0.15) is 0 Å². The number of hydrogen-bond acceptors (Lipinski definition) is 4. The van der Waals surface area contributed by atoms with Gasteiger partial charge in [-0.15, -0.1) is 0 Å². The third-order valence-corrected chi connectivity index (χ3v) is 4.20. The van der Waals surface area contributed by atoms with Gasteiger partial charge in [0.05, 0.1) is 5.56 Å². The molecule has 1 aromatic rings. The van der Waals surface area contributed by atoms with Gasteiger partial charge in [-0.05, 0) is 32.2 Å². The molecule has 2 aliphatic heterocycles. The van der Waals surface area contributed by atoms with Crippen LogP contribution in [0.1, 0.15) is 36.0 Å². The molecule has 0 aromatic carbocycles. The van der Waals surface area contributed by atoms with E-state index in [1.807, 2.05) is 4.90 Å². The second kappa shape index (κ2) is 5.28. The first-order valence-corrected chi connectivity index (χ1v) is 7.13. The summed E-state index contributed by atoms with van der Waals surface area (Å²) in [5.41, 5.74) is -0.195. The molecule has 3 N–H and O–H groups in total. The second-order valence-electron chi connectivity index (χ2n) is 5.53. The summed E-state index contributed by atoms with van der Waals surface area (Å²) in [6.45, 7) is 1.73. The van der Waals surface area contributed by atoms with Gasteiger partial charge in [0, 0.05) is 30.8 Å². The lowest BCUT2D eigenvalue weighted by molar-refractivity contribution is 0.0710. The number of likely N-dealkylation sites (tertiary alicyclic amines) is 1. The zero-order valence-electron chi connectivity index (χ0n) is 11.3. The number of nitrogens with zero attached hydrogens (tertiary/aromatic N) is 1. The second-order valence-corrected chi connectivity index (χ2v) is 5.53. The molecule has 1 amide bonds. The monoisotopic (exact) mass is 277 g/mol. The Labute approximate surface area is 116 Å². The molecule has 6 heteroatoms. The van der Waals surface area contributed by atoms with E-state index in [0.29, 0.717) is 6.04 Å². The summed E-state index contributed by atoms with van der Waals surface area (Å²) in [5, 5.41) is 12.9. The lowest BCUT2D eigenvalue weighted by Gasteiger charge is -2.29. The minimum absolute atomic E-state index is 0.164. The summed E-state index contributed by atoms with van der Waals surface area (Å²) < 4.78 is 0. The van der Waals surface area contributed by atoms with Crippen LogP contribution in [0.2, 0.25) is 0 Å². The molecule has 3 rings (SSSR count). The Morgan fingerprint density at radius 3 is 2.85 bits per heavy atom. The zero-order chi connectivity index (χ0) is 14.1. The Bertz CT molecular complexity index is 563. The number of aromatic nitrogens is 1. The van der Waals surface area contributed by atoms with Crippen LogP contribution in [0, 0.1) is 0 Å². The molecule has 2 saturated heterocycles. The van der Waals surface area contributed by atoms with Gasteiger partial charge in [0.15, 0.2) is 5.88 Å². The van der Waals surface area contributed by atoms with Crippen LogP contribution in [0.15, 0.2) is 16.9 Å². The minimum atomic E-state index is -0.455. The van der Waals surface area contributed by atoms with Gasteiger partial charge in [-0.25, -0.2) is 0 Å². The van der Waals surface area contributed by atoms with E-state index >= 15 is 0 Å². The summed E-state index contributed by atoms with van der Waals surface area (Å²) in [7, 11) is 0. The van der Waals surface area contributed by atoms with Crippen molar-refractivity contribution in [3.8, 4) is 5.88 Å². The summed E-state index contributed by atoms with van der Waals surface area (Å²) in [6.07, 6.45) is 4.23. The molecule has 2 aliphatic rings. The summed E-state index contributed by atoms with van der Waals surface area (Å²) in [4.78, 5) is 28.0. The summed E-state index contributed by atoms with van der Waals surface area (Å²) >= 11 is 0. The number of carbonyl (C=O) groups excluding carboxylic acids is 1. The van der Waals surface area contributed by atoms with E-state index in [1.165, 1.54) is 12.1 Å². The molecular weight excluding hydrogens is 258 g/mol. The van der Waals surface area contributed by atoms with E-state index in [0.717, 1.165) is 38.8 Å². The van der Waals surface area contributed by atoms with Crippen molar-refractivity contribution in [1.29, 1.82) is 0 Å². The highest BCUT2D eigenvalue weighted by Gasteiger charge is 2.36. The van der Waals surface area contributed by atoms with E-state index in [-0.39, 0.29) is 23.4 Å². The van der Waals surface area contributed by atoms with Crippen LogP contribution in [-0.4, -0.2) is 46.1 Å². The van der Waals surface area contributed by atoms with Crippen LogP contribution in [-0.2, 0) is 0 Å². The molecular formula is C14H19N3O3. The Hall–Kier alpha value is -1.82. The van der Waals surface area contributed by atoms with Crippen molar-refractivity contribution in [2.45, 2.75) is 37.8 Å². The molecule has 0 spiro atoms. The Morgan fingerprint density at radius 1 is 1.30 bits per heavy atom. The van der Waals surface area contributed by atoms with E-state index in [4.69, 9.17) is 0 Å². The predicted molar refractivity (Wildman–Crippen MR) is 73.8 cm³/mol. The fraction of sp³-hybridized carbons (Fsp3) is 0.571. The molecule has 2 atom stereocenters. The molecule has 6 nitrogen and oxygen atoms in total. The standard InChI is InChI=1S/C14H19N3O3/c18-12-7-9(8-13(19)16-12)14(20)17-6-2-4-11(17)10-3-1-5-15-10/h7-8,10-11,15H,1-6H2,(H2,16,18,19). The number of rotatable bonds is 2. The average Bonchev–Trinajstić information content (AvgIpc) is 3.07. The van der Waals surface area contributed by atoms with Gasteiger partial charge in [0.2, 0.25) is 0 Å². The van der Waals surface area contributed by atoms with Crippen molar-refractivity contribution >= 4 is 5.91 Å². The van der Waals surface area contributed by atoms with Gasteiger partial charge in [-0.2, -0.15) is 0 Å². The van der Waals surface area contributed by atoms with Gasteiger partial charge >= 0.3 is 0 Å². The molecule has 108 valence electrons. The van der Waals surface area contributed by atoms with Crippen molar-refractivity contribution in [1.82, 2.24) is 15.2 Å². The molecule has 20 heavy (non-hydrogen) atoms. The molecule has 0 aliphatic carbocycles. The number of aromatic hydroxyl groups is 1. The van der Waals surface area contributed by atoms with Crippen molar-refractivity contribution < 1.29 is 9.90 Å². The third-order valence-electron chi connectivity index (χ3n) is 4.20. The third kappa shape index (κ3) is 2.43. The first-order chi connectivity index (χ1) is 9.65. The van der Waals surface area contributed by atoms with Gasteiger partial charge in [-0.3, -0.25) is 14.6 Å². The number of H-pyrrole nitrogens is 1. The number of hydrogen-bond donors (Lipinski definition) is 3. The lowest BCUT2D eigenvalue weighted by Crippen LogP contribution is -2.46. The highest BCUT2D eigenvalue weighted by Crippen LogP contribution is 2.26. The minimum Gasteiger partial charge on any atom is -0.494 e. The Morgan fingerprint density at radius 2 is 2.15 bits per heavy atom. The highest BCUT2D eigenvalue weighted by atomic mass is 16.3. The van der Waals surface area contributed by atoms with E-state index in [1.54, 1.807) is 0 Å². The van der Waals surface area contributed by atoms with Gasteiger partial charge in [-0.1, -0.05) is 0 Å². The fourth-order valence-electron chi connectivity index (χ4n) is 3.32. The maximum absolute atomic E-state index is 12.6. The maximum atomic E-state index is 12.6. The number of aromatic amines is 1. The average molecular weight is 277 g/mol. The van der Waals surface area contributed by atoms with Crippen LogP contribution >= 0.6 is 0 Å². The Balaban J connectivity index is 1.83. The SMILES string of the molecule is O=C(c1cc(O)[nH]c(=O)c1)N1CCCC1C1CCCN1. The molecule has 0 bridgehead atoms. The van der Waals surface area contributed by atoms with Crippen molar-refractivity contribution in [3.63, 3.8) is 0 Å². The van der Waals surface area contributed by atoms with Crippen LogP contribution < -0.4 is 10.9 Å². The number of nitrogens with one attached hydrogen (secondary N) is 2. The molecule has 3 heterocycles. The first kappa shape index (κ1) is 13.2. The first-order valence-electron chi connectivity index (χ1n) is 7.13. The number of carbonyl (C=O) groups is 1. The molecule has 0 saturated carbocycles. The Kier molecular flexibility index (Phi) is 3.48. The van der Waals surface area contributed by atoms with Crippen molar-refractivity contribution in [2.24, 2.45) is 0 Å². The van der Waals surface area contributed by atoms with E-state index in [9.17, 15) is 14.7 Å². The largest absolute Gasteiger partial charge is 0.494 e. The fourth-order valence-corrected chi connectivity index (χ4v) is 3.32. The quantitative estimate of drug-likeness (QED) is 0.732. The number of amides is 1. The molecule has 0 radical (unpaired) electrons. The molecule has 2 unspecified atom stereocenters. The van der Waals surface area contributed by atoms with Crippen LogP contribution in [0.3, 0.4) is 0 Å². The lowest BCUT2D eigenvalue weighted by atomic mass is 10.0. The van der Waals surface area contributed by atoms with E-state index in [2.05, 4.69) is 10.3 Å². The highest BCUT2D eigenvalue weighted by molar-refractivity contribution is 5.94. The topological polar surface area (TPSA) is 85.4 Å². The maximum Gasteiger partial charge on any atom is 0.254 e. The van der Waals surface area contributed by atoms with Crippen LogP contribution in [0.25, 0.3) is 0 Å². The molecule has 1 aromatic heterocycles. The summed E-state index contributed by atoms with van der Waals surface area (Å²) in [5.74, 6) is -0.432. The van der Waals surface area contributed by atoms with Gasteiger partial charge in [0.25, 0.3) is 11.5 Å². The predicted octanol–water partition coefficient (Wildman–Crippen LogP) is 0.437. The number of pyridine rings is 1. The van der Waals surface area contributed by atoms with Crippen LogP contribution in [0.5, 0.6) is 5.88 Å². The zero-order valence-corrected chi connectivity index (χ0v) is 11.3.